The van der Waals surface area contributed by atoms with Crippen LogP contribution >= 0.6 is 12.2 Å². The van der Waals surface area contributed by atoms with Gasteiger partial charge in [-0.15, -0.1) is 0 Å². The Balaban J connectivity index is 1.84. The summed E-state index contributed by atoms with van der Waals surface area (Å²) in [5.41, 5.74) is 3.96. The highest BCUT2D eigenvalue weighted by molar-refractivity contribution is 7.80. The Morgan fingerprint density at radius 1 is 0.960 bits per heavy atom. The molecule has 2 aromatic carbocycles. The van der Waals surface area contributed by atoms with Crippen LogP contribution in [0.1, 0.15) is 5.56 Å². The van der Waals surface area contributed by atoms with Gasteiger partial charge < -0.3 is 5.32 Å². The second kappa shape index (κ2) is 6.33. The molecule has 5 nitrogen and oxygen atoms in total. The summed E-state index contributed by atoms with van der Waals surface area (Å²) >= 11 is 4.99. The monoisotopic (exact) mass is 346 g/mol. The Bertz CT molecular complexity index is 977. The predicted octanol–water partition coefficient (Wildman–Crippen LogP) is 2.88. The van der Waals surface area contributed by atoms with Gasteiger partial charge in [0.05, 0.1) is 5.69 Å². The molecule has 1 saturated heterocycles. The van der Waals surface area contributed by atoms with Crippen LogP contribution in [0.25, 0.3) is 23.0 Å². The Morgan fingerprint density at radius 3 is 2.28 bits per heavy atom. The molecule has 2 N–H and O–H groups in total. The van der Waals surface area contributed by atoms with Crippen molar-refractivity contribution in [2.24, 2.45) is 0 Å². The lowest BCUT2D eigenvalue weighted by Gasteiger charge is -2.00. The highest BCUT2D eigenvalue weighted by Gasteiger charge is 2.21. The van der Waals surface area contributed by atoms with Crippen LogP contribution in [0.5, 0.6) is 0 Å². The Hall–Kier alpha value is -3.25. The first-order valence-corrected chi connectivity index (χ1v) is 8.16. The lowest BCUT2D eigenvalue weighted by atomic mass is 10.1. The molecule has 2 heterocycles. The summed E-state index contributed by atoms with van der Waals surface area (Å²) in [6.45, 7) is 0. The molecule has 0 radical (unpaired) electrons. The second-order valence-electron chi connectivity index (χ2n) is 5.55. The molecule has 0 atom stereocenters. The number of thiocarbonyl (C=S) groups is 1. The van der Waals surface area contributed by atoms with Crippen LogP contribution in [0.2, 0.25) is 0 Å². The molecule has 1 amide bonds. The van der Waals surface area contributed by atoms with Crippen molar-refractivity contribution in [3.63, 3.8) is 0 Å². The Kier molecular flexibility index (Phi) is 3.87. The van der Waals surface area contributed by atoms with E-state index in [-0.39, 0.29) is 5.91 Å². The van der Waals surface area contributed by atoms with Crippen molar-refractivity contribution >= 4 is 29.3 Å². The fourth-order valence-corrected chi connectivity index (χ4v) is 2.87. The van der Waals surface area contributed by atoms with Crippen LogP contribution in [0.4, 0.5) is 0 Å². The number of rotatable bonds is 3. The molecule has 0 aliphatic carbocycles. The third kappa shape index (κ3) is 3.07. The zero-order valence-electron chi connectivity index (χ0n) is 13.1. The highest BCUT2D eigenvalue weighted by Crippen LogP contribution is 2.25. The molecule has 6 heteroatoms. The van der Waals surface area contributed by atoms with Gasteiger partial charge in [-0.1, -0.05) is 48.5 Å². The van der Waals surface area contributed by atoms with E-state index in [4.69, 9.17) is 17.3 Å². The molecular formula is C19H14N4OS. The van der Waals surface area contributed by atoms with Gasteiger partial charge in [0.25, 0.3) is 5.91 Å². The van der Waals surface area contributed by atoms with Gasteiger partial charge in [0, 0.05) is 17.3 Å². The van der Waals surface area contributed by atoms with Gasteiger partial charge in [-0.2, -0.15) is 5.10 Å². The minimum Gasteiger partial charge on any atom is -0.328 e. The van der Waals surface area contributed by atoms with E-state index in [0.717, 1.165) is 22.5 Å². The molecule has 1 aliphatic heterocycles. The minimum absolute atomic E-state index is 0.239. The number of amides is 1. The van der Waals surface area contributed by atoms with Crippen LogP contribution in [0.3, 0.4) is 0 Å². The average Bonchev–Trinajstić information content (AvgIpc) is 3.20. The molecule has 122 valence electrons. The van der Waals surface area contributed by atoms with E-state index < -0.39 is 0 Å². The Labute approximate surface area is 150 Å². The summed E-state index contributed by atoms with van der Waals surface area (Å²) in [5.74, 6) is -0.239. The first kappa shape index (κ1) is 15.3. The molecule has 1 fully saturated rings. The molecule has 0 spiro atoms. The van der Waals surface area contributed by atoms with E-state index in [9.17, 15) is 4.79 Å². The topological polar surface area (TPSA) is 59.0 Å². The van der Waals surface area contributed by atoms with Gasteiger partial charge in [0.1, 0.15) is 11.4 Å². The minimum atomic E-state index is -0.239. The number of para-hydroxylation sites is 1. The smallest absolute Gasteiger partial charge is 0.273 e. The summed E-state index contributed by atoms with van der Waals surface area (Å²) in [5, 5.41) is 10.5. The zero-order valence-corrected chi connectivity index (χ0v) is 14.0. The molecule has 1 aromatic heterocycles. The third-order valence-electron chi connectivity index (χ3n) is 3.83. The van der Waals surface area contributed by atoms with Crippen LogP contribution < -0.4 is 10.6 Å². The van der Waals surface area contributed by atoms with E-state index in [0.29, 0.717) is 10.8 Å². The second-order valence-corrected chi connectivity index (χ2v) is 5.95. The normalized spacial score (nSPS) is 15.3. The van der Waals surface area contributed by atoms with Crippen molar-refractivity contribution in [1.29, 1.82) is 0 Å². The number of nitrogens with one attached hydrogen (secondary N) is 2. The molecule has 0 unspecified atom stereocenters. The van der Waals surface area contributed by atoms with Crippen molar-refractivity contribution in [2.45, 2.75) is 0 Å². The van der Waals surface area contributed by atoms with E-state index in [1.165, 1.54) is 0 Å². The van der Waals surface area contributed by atoms with Gasteiger partial charge in [-0.05, 0) is 30.4 Å². The standard InChI is InChI=1S/C19H14N4OS/c24-18-16(20-19(25)21-18)11-14-12-23(15-9-5-2-6-10-15)22-17(14)13-7-3-1-4-8-13/h1-12H,(H2,20,21,24,25)/b16-11-. The van der Waals surface area contributed by atoms with Crippen molar-refractivity contribution in [3.8, 4) is 16.9 Å². The first-order valence-electron chi connectivity index (χ1n) is 7.75. The van der Waals surface area contributed by atoms with Gasteiger partial charge in [0.15, 0.2) is 5.11 Å². The average molecular weight is 346 g/mol. The number of hydrogen-bond acceptors (Lipinski definition) is 3. The summed E-state index contributed by atoms with van der Waals surface area (Å²) < 4.78 is 1.81. The van der Waals surface area contributed by atoms with Crippen LogP contribution in [-0.2, 0) is 4.79 Å². The number of nitrogens with zero attached hydrogens (tertiary/aromatic N) is 2. The van der Waals surface area contributed by atoms with E-state index in [1.807, 2.05) is 66.9 Å². The van der Waals surface area contributed by atoms with Gasteiger partial charge >= 0.3 is 0 Å². The number of carbonyl (C=O) groups is 1. The number of hydrogen-bond donors (Lipinski definition) is 2. The maximum absolute atomic E-state index is 12.0. The van der Waals surface area contributed by atoms with E-state index in [1.54, 1.807) is 10.8 Å². The van der Waals surface area contributed by atoms with Gasteiger partial charge in [0.2, 0.25) is 0 Å². The van der Waals surface area contributed by atoms with Crippen molar-refractivity contribution in [2.75, 3.05) is 0 Å². The molecule has 25 heavy (non-hydrogen) atoms. The fourth-order valence-electron chi connectivity index (χ4n) is 2.66. The van der Waals surface area contributed by atoms with Crippen molar-refractivity contribution in [3.05, 3.63) is 78.1 Å². The first-order chi connectivity index (χ1) is 12.2. The SMILES string of the molecule is O=C1NC(=S)N/C1=C\c1cn(-c2ccccc2)nc1-c1ccccc1. The third-order valence-corrected chi connectivity index (χ3v) is 4.03. The number of carbonyl (C=O) groups excluding carboxylic acids is 1. The van der Waals surface area contributed by atoms with Gasteiger partial charge in [-0.3, -0.25) is 10.1 Å². The molecule has 4 rings (SSSR count). The van der Waals surface area contributed by atoms with Gasteiger partial charge in [-0.25, -0.2) is 4.68 Å². The van der Waals surface area contributed by atoms with Crippen LogP contribution in [-0.4, -0.2) is 20.8 Å². The lowest BCUT2D eigenvalue weighted by molar-refractivity contribution is -0.115. The molecule has 0 saturated carbocycles. The lowest BCUT2D eigenvalue weighted by Crippen LogP contribution is -2.21. The van der Waals surface area contributed by atoms with Crippen molar-refractivity contribution in [1.82, 2.24) is 20.4 Å². The molecule has 3 aromatic rings. The molecule has 1 aliphatic rings. The fraction of sp³-hybridized carbons (Fsp3) is 0. The Morgan fingerprint density at radius 2 is 1.64 bits per heavy atom. The van der Waals surface area contributed by atoms with Crippen LogP contribution in [0, 0.1) is 0 Å². The predicted molar refractivity (Wildman–Crippen MR) is 101 cm³/mol. The van der Waals surface area contributed by atoms with E-state index >= 15 is 0 Å². The summed E-state index contributed by atoms with van der Waals surface area (Å²) in [6, 6.07) is 19.7. The zero-order chi connectivity index (χ0) is 17.2. The van der Waals surface area contributed by atoms with E-state index in [2.05, 4.69) is 10.6 Å². The van der Waals surface area contributed by atoms with Crippen LogP contribution in [0.15, 0.2) is 72.6 Å². The summed E-state index contributed by atoms with van der Waals surface area (Å²) in [7, 11) is 0. The highest BCUT2D eigenvalue weighted by atomic mass is 32.1. The molecule has 0 bridgehead atoms. The summed E-state index contributed by atoms with van der Waals surface area (Å²) in [4.78, 5) is 12.0. The summed E-state index contributed by atoms with van der Waals surface area (Å²) in [6.07, 6.45) is 3.67. The number of benzene rings is 2. The van der Waals surface area contributed by atoms with Crippen molar-refractivity contribution < 1.29 is 4.79 Å². The largest absolute Gasteiger partial charge is 0.328 e. The number of aromatic nitrogens is 2. The maximum Gasteiger partial charge on any atom is 0.273 e. The maximum atomic E-state index is 12.0. The molecular weight excluding hydrogens is 332 g/mol. The quantitative estimate of drug-likeness (QED) is 0.566.